The highest BCUT2D eigenvalue weighted by atomic mass is 16.5. The molecule has 0 aliphatic heterocycles. The zero-order valence-electron chi connectivity index (χ0n) is 12.2. The lowest BCUT2D eigenvalue weighted by atomic mass is 10.0. The number of carbonyl (C=O) groups is 2. The number of carboxylic acids is 1. The Bertz CT molecular complexity index is 280. The van der Waals surface area contributed by atoms with E-state index in [1.54, 1.807) is 0 Å². The monoisotopic (exact) mass is 274 g/mol. The molecule has 0 saturated heterocycles. The van der Waals surface area contributed by atoms with Gasteiger partial charge in [-0.2, -0.15) is 0 Å². The molecule has 0 heterocycles. The summed E-state index contributed by atoms with van der Waals surface area (Å²) in [6.45, 7) is 9.35. The molecule has 19 heavy (non-hydrogen) atoms. The maximum atomic E-state index is 11.5. The van der Waals surface area contributed by atoms with Gasteiger partial charge >= 0.3 is 12.0 Å². The lowest BCUT2D eigenvalue weighted by molar-refractivity contribution is -0.139. The third-order valence-corrected chi connectivity index (χ3v) is 2.29. The van der Waals surface area contributed by atoms with E-state index in [0.717, 1.165) is 0 Å². The van der Waals surface area contributed by atoms with Crippen molar-refractivity contribution < 1.29 is 19.4 Å². The van der Waals surface area contributed by atoms with Crippen LogP contribution in [0.3, 0.4) is 0 Å². The summed E-state index contributed by atoms with van der Waals surface area (Å²) in [4.78, 5) is 22.4. The summed E-state index contributed by atoms with van der Waals surface area (Å²) in [5.41, 5.74) is 0. The molecule has 2 amide bonds. The molecule has 0 bridgehead atoms. The number of hydrogen-bond acceptors (Lipinski definition) is 3. The molecule has 0 fully saturated rings. The van der Waals surface area contributed by atoms with Gasteiger partial charge < -0.3 is 20.5 Å². The minimum absolute atomic E-state index is 0.204. The predicted molar refractivity (Wildman–Crippen MR) is 73.1 cm³/mol. The highest BCUT2D eigenvalue weighted by Gasteiger charge is 2.20. The van der Waals surface area contributed by atoms with Gasteiger partial charge in [0.25, 0.3) is 0 Å². The fourth-order valence-corrected chi connectivity index (χ4v) is 1.46. The van der Waals surface area contributed by atoms with Crippen molar-refractivity contribution in [1.82, 2.24) is 10.6 Å². The van der Waals surface area contributed by atoms with E-state index in [1.165, 1.54) is 0 Å². The summed E-state index contributed by atoms with van der Waals surface area (Å²) in [5.74, 6) is -0.355. The summed E-state index contributed by atoms with van der Waals surface area (Å²) in [6, 6.07) is -1.32. The summed E-state index contributed by atoms with van der Waals surface area (Å²) in [5, 5.41) is 14.0. The largest absolute Gasteiger partial charge is 0.480 e. The fourth-order valence-electron chi connectivity index (χ4n) is 1.46. The molecular formula is C13H26N2O4. The Balaban J connectivity index is 3.84. The van der Waals surface area contributed by atoms with Crippen LogP contribution < -0.4 is 10.6 Å². The van der Waals surface area contributed by atoms with E-state index in [2.05, 4.69) is 10.6 Å². The van der Waals surface area contributed by atoms with Crippen LogP contribution in [0.25, 0.3) is 0 Å². The molecule has 112 valence electrons. The molecule has 0 saturated carbocycles. The van der Waals surface area contributed by atoms with Gasteiger partial charge in [-0.25, -0.2) is 9.59 Å². The van der Waals surface area contributed by atoms with E-state index in [0.29, 0.717) is 32.1 Å². The highest BCUT2D eigenvalue weighted by Crippen LogP contribution is 2.04. The van der Waals surface area contributed by atoms with Crippen molar-refractivity contribution in [1.29, 1.82) is 0 Å². The predicted octanol–water partition coefficient (Wildman–Crippen LogP) is 1.46. The Hall–Kier alpha value is -1.30. The van der Waals surface area contributed by atoms with E-state index in [4.69, 9.17) is 9.84 Å². The maximum absolute atomic E-state index is 11.5. The minimum atomic E-state index is -1.01. The molecule has 0 aliphatic carbocycles. The number of rotatable bonds is 9. The van der Waals surface area contributed by atoms with Crippen molar-refractivity contribution in [3.05, 3.63) is 0 Å². The second-order valence-corrected chi connectivity index (χ2v) is 5.39. The van der Waals surface area contributed by atoms with E-state index < -0.39 is 18.0 Å². The second kappa shape index (κ2) is 9.61. The van der Waals surface area contributed by atoms with Gasteiger partial charge in [-0.15, -0.1) is 0 Å². The Morgan fingerprint density at radius 3 is 2.26 bits per heavy atom. The van der Waals surface area contributed by atoms with Gasteiger partial charge in [-0.05, 0) is 18.3 Å². The van der Waals surface area contributed by atoms with Gasteiger partial charge in [0, 0.05) is 13.2 Å². The number of nitrogens with one attached hydrogen (secondary N) is 2. The quantitative estimate of drug-likeness (QED) is 0.555. The topological polar surface area (TPSA) is 87.7 Å². The molecule has 0 aromatic carbocycles. The standard InChI is InChI=1S/C13H26N2O4/c1-9(2)7-11(12(16)17)15-13(18)14-5-6-19-8-10(3)4/h9-11H,5-8H2,1-4H3,(H,16,17)(H2,14,15,18). The normalized spacial score (nSPS) is 12.5. The van der Waals surface area contributed by atoms with Crippen LogP contribution in [-0.4, -0.2) is 42.9 Å². The van der Waals surface area contributed by atoms with Crippen molar-refractivity contribution in [3.63, 3.8) is 0 Å². The van der Waals surface area contributed by atoms with Gasteiger partial charge in [0.15, 0.2) is 0 Å². The molecule has 0 aromatic rings. The van der Waals surface area contributed by atoms with Crippen molar-refractivity contribution in [2.24, 2.45) is 11.8 Å². The van der Waals surface area contributed by atoms with Crippen LogP contribution in [-0.2, 0) is 9.53 Å². The molecule has 1 unspecified atom stereocenters. The van der Waals surface area contributed by atoms with Crippen molar-refractivity contribution in [2.75, 3.05) is 19.8 Å². The van der Waals surface area contributed by atoms with Gasteiger partial charge in [0.2, 0.25) is 0 Å². The average Bonchev–Trinajstić information content (AvgIpc) is 2.26. The molecule has 0 aliphatic rings. The summed E-state index contributed by atoms with van der Waals surface area (Å²) < 4.78 is 5.30. The SMILES string of the molecule is CC(C)COCCNC(=O)NC(CC(C)C)C(=O)O. The molecule has 6 nitrogen and oxygen atoms in total. The Kier molecular flexibility index (Phi) is 8.95. The first-order valence-electron chi connectivity index (χ1n) is 6.67. The first-order valence-corrected chi connectivity index (χ1v) is 6.67. The van der Waals surface area contributed by atoms with Crippen LogP contribution >= 0.6 is 0 Å². The van der Waals surface area contributed by atoms with Gasteiger partial charge in [0.1, 0.15) is 6.04 Å². The van der Waals surface area contributed by atoms with E-state index in [9.17, 15) is 9.59 Å². The van der Waals surface area contributed by atoms with Crippen molar-refractivity contribution in [3.8, 4) is 0 Å². The number of ether oxygens (including phenoxy) is 1. The summed E-state index contributed by atoms with van der Waals surface area (Å²) in [6.07, 6.45) is 0.409. The first kappa shape index (κ1) is 17.7. The average molecular weight is 274 g/mol. The van der Waals surface area contributed by atoms with Gasteiger partial charge in [-0.3, -0.25) is 0 Å². The highest BCUT2D eigenvalue weighted by molar-refractivity contribution is 5.82. The van der Waals surface area contributed by atoms with Crippen LogP contribution in [0, 0.1) is 11.8 Å². The summed E-state index contributed by atoms with van der Waals surface area (Å²) in [7, 11) is 0. The molecule has 0 radical (unpaired) electrons. The fraction of sp³-hybridized carbons (Fsp3) is 0.846. The Morgan fingerprint density at radius 1 is 1.16 bits per heavy atom. The van der Waals surface area contributed by atoms with Crippen molar-refractivity contribution in [2.45, 2.75) is 40.2 Å². The van der Waals surface area contributed by atoms with E-state index >= 15 is 0 Å². The van der Waals surface area contributed by atoms with Crippen molar-refractivity contribution >= 4 is 12.0 Å². The van der Waals surface area contributed by atoms with E-state index in [1.807, 2.05) is 27.7 Å². The zero-order chi connectivity index (χ0) is 14.8. The Labute approximate surface area is 114 Å². The minimum Gasteiger partial charge on any atom is -0.480 e. The second-order valence-electron chi connectivity index (χ2n) is 5.39. The molecule has 0 spiro atoms. The van der Waals surface area contributed by atoms with Crippen LogP contribution in [0.5, 0.6) is 0 Å². The third kappa shape index (κ3) is 10.3. The van der Waals surface area contributed by atoms with E-state index in [-0.39, 0.29) is 5.92 Å². The Morgan fingerprint density at radius 2 is 1.79 bits per heavy atom. The number of urea groups is 1. The number of hydrogen-bond donors (Lipinski definition) is 3. The van der Waals surface area contributed by atoms with Gasteiger partial charge in [0.05, 0.1) is 6.61 Å². The van der Waals surface area contributed by atoms with Crippen LogP contribution in [0.1, 0.15) is 34.1 Å². The molecular weight excluding hydrogens is 248 g/mol. The van der Waals surface area contributed by atoms with Gasteiger partial charge in [-0.1, -0.05) is 27.7 Å². The maximum Gasteiger partial charge on any atom is 0.326 e. The number of carbonyl (C=O) groups excluding carboxylic acids is 1. The van der Waals surface area contributed by atoms with Crippen LogP contribution in [0.2, 0.25) is 0 Å². The number of carboxylic acid groups (broad SMARTS) is 1. The molecule has 3 N–H and O–H groups in total. The van der Waals surface area contributed by atoms with Crippen LogP contribution in [0.15, 0.2) is 0 Å². The zero-order valence-corrected chi connectivity index (χ0v) is 12.2. The molecule has 6 heteroatoms. The lowest BCUT2D eigenvalue weighted by Crippen LogP contribution is -2.47. The molecule has 0 aromatic heterocycles. The summed E-state index contributed by atoms with van der Waals surface area (Å²) >= 11 is 0. The third-order valence-electron chi connectivity index (χ3n) is 2.29. The molecule has 0 rings (SSSR count). The molecule has 1 atom stereocenters. The lowest BCUT2D eigenvalue weighted by Gasteiger charge is -2.17. The number of amides is 2. The smallest absolute Gasteiger partial charge is 0.326 e. The van der Waals surface area contributed by atoms with Crippen LogP contribution in [0.4, 0.5) is 4.79 Å². The number of aliphatic carboxylic acids is 1. The first-order chi connectivity index (χ1) is 8.82.